The van der Waals surface area contributed by atoms with Gasteiger partial charge in [0.1, 0.15) is 0 Å². The second-order valence-corrected chi connectivity index (χ2v) is 2.96. The molecule has 0 spiro atoms. The van der Waals surface area contributed by atoms with E-state index in [-0.39, 0.29) is 0 Å². The summed E-state index contributed by atoms with van der Waals surface area (Å²) < 4.78 is 0. The zero-order valence-corrected chi connectivity index (χ0v) is 7.95. The molecular weight excluding hydrogens is 142 g/mol. The maximum Gasteiger partial charge on any atom is 0.0153 e. The fourth-order valence-electron chi connectivity index (χ4n) is 0.821. The molecule has 0 heterocycles. The lowest BCUT2D eigenvalue weighted by Crippen LogP contribution is -2.30. The van der Waals surface area contributed by atoms with Crippen molar-refractivity contribution >= 4 is 12.6 Å². The molecule has 1 atom stereocenters. The molecule has 1 nitrogen and oxygen atoms in total. The standard InChI is InChI=1S/C8H19NS/c1-3-5-6-9-8(4-2)7-10/h8-10H,3-7H2,1-2H3. The van der Waals surface area contributed by atoms with Gasteiger partial charge in [-0.3, -0.25) is 0 Å². The molecule has 0 fully saturated rings. The molecule has 0 bridgehead atoms. The number of thiol groups is 1. The van der Waals surface area contributed by atoms with Gasteiger partial charge in [0.05, 0.1) is 0 Å². The molecule has 0 saturated carbocycles. The first-order valence-electron chi connectivity index (χ1n) is 4.19. The van der Waals surface area contributed by atoms with Crippen LogP contribution in [-0.4, -0.2) is 18.3 Å². The Balaban J connectivity index is 3.09. The zero-order valence-electron chi connectivity index (χ0n) is 7.06. The van der Waals surface area contributed by atoms with Crippen molar-refractivity contribution in [2.45, 2.75) is 39.2 Å². The lowest BCUT2D eigenvalue weighted by molar-refractivity contribution is 0.528. The molecule has 0 radical (unpaired) electrons. The zero-order chi connectivity index (χ0) is 7.82. The lowest BCUT2D eigenvalue weighted by Gasteiger charge is -2.12. The van der Waals surface area contributed by atoms with E-state index >= 15 is 0 Å². The Hall–Kier alpha value is 0.310. The third-order valence-electron chi connectivity index (χ3n) is 1.68. The van der Waals surface area contributed by atoms with Crippen molar-refractivity contribution in [2.75, 3.05) is 12.3 Å². The molecule has 1 unspecified atom stereocenters. The topological polar surface area (TPSA) is 12.0 Å². The van der Waals surface area contributed by atoms with E-state index < -0.39 is 0 Å². The van der Waals surface area contributed by atoms with Gasteiger partial charge in [0.15, 0.2) is 0 Å². The van der Waals surface area contributed by atoms with Crippen molar-refractivity contribution in [3.8, 4) is 0 Å². The third kappa shape index (κ3) is 5.12. The van der Waals surface area contributed by atoms with Gasteiger partial charge in [-0.25, -0.2) is 0 Å². The Labute approximate surface area is 70.0 Å². The van der Waals surface area contributed by atoms with E-state index in [1.165, 1.54) is 19.3 Å². The van der Waals surface area contributed by atoms with Gasteiger partial charge < -0.3 is 5.32 Å². The highest BCUT2D eigenvalue weighted by atomic mass is 32.1. The molecule has 0 aliphatic carbocycles. The van der Waals surface area contributed by atoms with Crippen LogP contribution in [0.4, 0.5) is 0 Å². The summed E-state index contributed by atoms with van der Waals surface area (Å²) in [5, 5.41) is 3.44. The summed E-state index contributed by atoms with van der Waals surface area (Å²) >= 11 is 4.24. The highest BCUT2D eigenvalue weighted by molar-refractivity contribution is 7.80. The Morgan fingerprint density at radius 3 is 2.50 bits per heavy atom. The van der Waals surface area contributed by atoms with Gasteiger partial charge in [-0.05, 0) is 19.4 Å². The third-order valence-corrected chi connectivity index (χ3v) is 2.12. The fourth-order valence-corrected chi connectivity index (χ4v) is 1.21. The first kappa shape index (κ1) is 10.3. The maximum absolute atomic E-state index is 4.24. The Bertz CT molecular complexity index is 62.3. The van der Waals surface area contributed by atoms with E-state index in [0.29, 0.717) is 6.04 Å². The van der Waals surface area contributed by atoms with Gasteiger partial charge in [0, 0.05) is 11.8 Å². The minimum absolute atomic E-state index is 0.620. The second kappa shape index (κ2) is 7.42. The van der Waals surface area contributed by atoms with Gasteiger partial charge in [0.25, 0.3) is 0 Å². The Morgan fingerprint density at radius 1 is 1.40 bits per heavy atom. The number of hydrogen-bond acceptors (Lipinski definition) is 2. The molecular formula is C8H19NS. The predicted molar refractivity (Wildman–Crippen MR) is 50.8 cm³/mol. The van der Waals surface area contributed by atoms with Crippen molar-refractivity contribution in [3.05, 3.63) is 0 Å². The minimum Gasteiger partial charge on any atom is -0.313 e. The molecule has 0 aromatic carbocycles. The van der Waals surface area contributed by atoms with Gasteiger partial charge in [-0.1, -0.05) is 20.3 Å². The van der Waals surface area contributed by atoms with Crippen molar-refractivity contribution < 1.29 is 0 Å². The molecule has 2 heteroatoms. The van der Waals surface area contributed by atoms with Crippen molar-refractivity contribution in [1.82, 2.24) is 5.32 Å². The fraction of sp³-hybridized carbons (Fsp3) is 1.00. The molecule has 0 rings (SSSR count). The number of hydrogen-bond donors (Lipinski definition) is 2. The van der Waals surface area contributed by atoms with E-state index in [9.17, 15) is 0 Å². The van der Waals surface area contributed by atoms with E-state index in [1.807, 2.05) is 0 Å². The summed E-state index contributed by atoms with van der Waals surface area (Å²) in [6.45, 7) is 5.55. The summed E-state index contributed by atoms with van der Waals surface area (Å²) in [6, 6.07) is 0.620. The molecule has 0 amide bonds. The SMILES string of the molecule is CCCCNC(CC)CS. The second-order valence-electron chi connectivity index (χ2n) is 2.60. The van der Waals surface area contributed by atoms with Crippen LogP contribution in [0, 0.1) is 0 Å². The number of nitrogens with one attached hydrogen (secondary N) is 1. The molecule has 1 N–H and O–H groups in total. The quantitative estimate of drug-likeness (QED) is 0.449. The van der Waals surface area contributed by atoms with Crippen LogP contribution in [0.1, 0.15) is 33.1 Å². The summed E-state index contributed by atoms with van der Waals surface area (Å²) in [5.41, 5.74) is 0. The Kier molecular flexibility index (Phi) is 7.65. The van der Waals surface area contributed by atoms with Crippen LogP contribution < -0.4 is 5.32 Å². The molecule has 0 aromatic rings. The largest absolute Gasteiger partial charge is 0.313 e. The van der Waals surface area contributed by atoms with Crippen molar-refractivity contribution in [1.29, 1.82) is 0 Å². The summed E-state index contributed by atoms with van der Waals surface area (Å²) in [5.74, 6) is 0.959. The average molecular weight is 161 g/mol. The van der Waals surface area contributed by atoms with Crippen LogP contribution in [-0.2, 0) is 0 Å². The normalized spacial score (nSPS) is 13.5. The first-order valence-corrected chi connectivity index (χ1v) is 4.82. The van der Waals surface area contributed by atoms with E-state index in [2.05, 4.69) is 31.8 Å². The number of unbranched alkanes of at least 4 members (excludes halogenated alkanes) is 1. The predicted octanol–water partition coefficient (Wildman–Crippen LogP) is 2.08. The molecule has 62 valence electrons. The highest BCUT2D eigenvalue weighted by Gasteiger charge is 1.99. The van der Waals surface area contributed by atoms with Gasteiger partial charge >= 0.3 is 0 Å². The van der Waals surface area contributed by atoms with Crippen LogP contribution >= 0.6 is 12.6 Å². The van der Waals surface area contributed by atoms with Crippen molar-refractivity contribution in [2.24, 2.45) is 0 Å². The van der Waals surface area contributed by atoms with E-state index in [4.69, 9.17) is 0 Å². The average Bonchev–Trinajstić information content (AvgIpc) is 1.99. The molecule has 0 saturated heterocycles. The van der Waals surface area contributed by atoms with Gasteiger partial charge in [-0.15, -0.1) is 0 Å². The maximum atomic E-state index is 4.24. The van der Waals surface area contributed by atoms with Gasteiger partial charge in [-0.2, -0.15) is 12.6 Å². The van der Waals surface area contributed by atoms with Crippen molar-refractivity contribution in [3.63, 3.8) is 0 Å². The first-order chi connectivity index (χ1) is 4.85. The summed E-state index contributed by atoms with van der Waals surface area (Å²) in [7, 11) is 0. The monoisotopic (exact) mass is 161 g/mol. The molecule has 0 aliphatic rings. The summed E-state index contributed by atoms with van der Waals surface area (Å²) in [4.78, 5) is 0. The number of rotatable bonds is 6. The smallest absolute Gasteiger partial charge is 0.0153 e. The highest BCUT2D eigenvalue weighted by Crippen LogP contribution is 1.94. The van der Waals surface area contributed by atoms with Crippen LogP contribution in [0.2, 0.25) is 0 Å². The van der Waals surface area contributed by atoms with E-state index in [0.717, 1.165) is 12.3 Å². The van der Waals surface area contributed by atoms with Crippen LogP contribution in [0.25, 0.3) is 0 Å². The molecule has 0 aliphatic heterocycles. The Morgan fingerprint density at radius 2 is 2.10 bits per heavy atom. The molecule has 10 heavy (non-hydrogen) atoms. The van der Waals surface area contributed by atoms with Crippen LogP contribution in [0.15, 0.2) is 0 Å². The van der Waals surface area contributed by atoms with E-state index in [1.54, 1.807) is 0 Å². The lowest BCUT2D eigenvalue weighted by atomic mass is 10.2. The van der Waals surface area contributed by atoms with Gasteiger partial charge in [0.2, 0.25) is 0 Å². The minimum atomic E-state index is 0.620. The summed E-state index contributed by atoms with van der Waals surface area (Å²) in [6.07, 6.45) is 3.74. The molecule has 0 aromatic heterocycles. The van der Waals surface area contributed by atoms with Crippen LogP contribution in [0.5, 0.6) is 0 Å². The van der Waals surface area contributed by atoms with Crippen LogP contribution in [0.3, 0.4) is 0 Å².